The lowest BCUT2D eigenvalue weighted by Gasteiger charge is -2.53. The summed E-state index contributed by atoms with van der Waals surface area (Å²) < 4.78 is 27.2. The first kappa shape index (κ1) is 22.1. The van der Waals surface area contributed by atoms with Crippen molar-refractivity contribution in [3.05, 3.63) is 58.7 Å². The van der Waals surface area contributed by atoms with E-state index in [9.17, 15) is 23.2 Å². The molecule has 1 aliphatic carbocycles. The zero-order valence-electron chi connectivity index (χ0n) is 17.7. The van der Waals surface area contributed by atoms with E-state index in [0.717, 1.165) is 6.07 Å². The van der Waals surface area contributed by atoms with Crippen LogP contribution in [0.2, 0.25) is 0 Å². The third kappa shape index (κ3) is 4.04. The molecule has 0 radical (unpaired) electrons. The molecule has 0 saturated carbocycles. The number of piperidine rings is 2. The number of nitrogens with zero attached hydrogens (tertiary/aromatic N) is 2. The molecule has 0 aromatic heterocycles. The number of amides is 2. The van der Waals surface area contributed by atoms with Gasteiger partial charge < -0.3 is 15.3 Å². The Kier molecular flexibility index (Phi) is 5.85. The number of fused-ring (bicyclic) bond motifs is 1. The smallest absolute Gasteiger partial charge is 0.338 e. The van der Waals surface area contributed by atoms with Crippen LogP contribution in [0.1, 0.15) is 41.6 Å². The number of carboxylic acid groups (broad SMARTS) is 1. The van der Waals surface area contributed by atoms with E-state index in [-0.39, 0.29) is 35.8 Å². The fraction of sp³-hybridized carbons (Fsp3) is 0.435. The van der Waals surface area contributed by atoms with Crippen LogP contribution < -0.4 is 5.32 Å². The van der Waals surface area contributed by atoms with E-state index in [4.69, 9.17) is 5.11 Å². The van der Waals surface area contributed by atoms with Gasteiger partial charge in [0, 0.05) is 43.2 Å². The number of halogens is 2. The summed E-state index contributed by atoms with van der Waals surface area (Å²) in [5.41, 5.74) is 0.219. The molecule has 32 heavy (non-hydrogen) atoms. The van der Waals surface area contributed by atoms with Crippen molar-refractivity contribution < 1.29 is 28.3 Å². The zero-order valence-corrected chi connectivity index (χ0v) is 17.7. The summed E-state index contributed by atoms with van der Waals surface area (Å²) >= 11 is 0. The number of carbonyl (C=O) groups is 3. The minimum Gasteiger partial charge on any atom is -0.478 e. The number of hydrogen-bond acceptors (Lipinski definition) is 4. The molecular formula is C23H25F2N3O4. The minimum absolute atomic E-state index is 0.0280. The van der Waals surface area contributed by atoms with E-state index >= 15 is 0 Å². The quantitative estimate of drug-likeness (QED) is 0.747. The molecule has 1 aromatic carbocycles. The van der Waals surface area contributed by atoms with E-state index in [1.165, 1.54) is 24.3 Å². The van der Waals surface area contributed by atoms with Crippen LogP contribution in [0.3, 0.4) is 0 Å². The number of allylic oxidation sites excluding steroid dienone is 2. The molecule has 1 spiro atoms. The summed E-state index contributed by atoms with van der Waals surface area (Å²) in [5, 5.41) is 11.8. The second-order valence-corrected chi connectivity index (χ2v) is 8.64. The predicted molar refractivity (Wildman–Crippen MR) is 112 cm³/mol. The van der Waals surface area contributed by atoms with E-state index in [0.29, 0.717) is 49.9 Å². The number of likely N-dealkylation sites (N-methyl/N-ethyl adjacent to an activating group) is 1. The summed E-state index contributed by atoms with van der Waals surface area (Å²) in [4.78, 5) is 40.2. The van der Waals surface area contributed by atoms with Crippen LogP contribution in [0.4, 0.5) is 13.6 Å². The lowest BCUT2D eigenvalue weighted by atomic mass is 9.73. The molecule has 1 atom stereocenters. The number of benzene rings is 1. The van der Waals surface area contributed by atoms with Crippen LogP contribution in [0, 0.1) is 5.82 Å². The van der Waals surface area contributed by atoms with Gasteiger partial charge in [-0.1, -0.05) is 6.07 Å². The van der Waals surface area contributed by atoms with Gasteiger partial charge in [0.15, 0.2) is 5.78 Å². The Balaban J connectivity index is 1.36. The third-order valence-corrected chi connectivity index (χ3v) is 6.90. The molecule has 9 heteroatoms. The van der Waals surface area contributed by atoms with Gasteiger partial charge in [-0.2, -0.15) is 0 Å². The first-order valence-corrected chi connectivity index (χ1v) is 10.6. The van der Waals surface area contributed by atoms with E-state index in [1.807, 2.05) is 7.05 Å². The second-order valence-electron chi connectivity index (χ2n) is 8.64. The topological polar surface area (TPSA) is 90.0 Å². The molecule has 2 N–H and O–H groups in total. The molecule has 1 aromatic rings. The average Bonchev–Trinajstić information content (AvgIpc) is 2.77. The number of hydrogen-bond donors (Lipinski definition) is 2. The van der Waals surface area contributed by atoms with Crippen LogP contribution in [0.25, 0.3) is 0 Å². The molecule has 0 bridgehead atoms. The van der Waals surface area contributed by atoms with Crippen LogP contribution in [-0.4, -0.2) is 64.4 Å². The van der Waals surface area contributed by atoms with Gasteiger partial charge in [0.2, 0.25) is 0 Å². The Morgan fingerprint density at radius 1 is 1.25 bits per heavy atom. The van der Waals surface area contributed by atoms with Crippen LogP contribution >= 0.6 is 0 Å². The highest BCUT2D eigenvalue weighted by molar-refractivity contribution is 5.99. The molecule has 2 fully saturated rings. The van der Waals surface area contributed by atoms with Gasteiger partial charge in [0.25, 0.3) is 0 Å². The van der Waals surface area contributed by atoms with Crippen molar-refractivity contribution in [3.8, 4) is 0 Å². The predicted octanol–water partition coefficient (Wildman–Crippen LogP) is 3.02. The highest BCUT2D eigenvalue weighted by Gasteiger charge is 2.49. The number of aromatic carboxylic acids is 1. The lowest BCUT2D eigenvalue weighted by molar-refractivity contribution is -0.124. The van der Waals surface area contributed by atoms with Crippen LogP contribution in [0.15, 0.2) is 41.8 Å². The van der Waals surface area contributed by atoms with Crippen molar-refractivity contribution in [3.63, 3.8) is 0 Å². The van der Waals surface area contributed by atoms with Crippen molar-refractivity contribution >= 4 is 17.8 Å². The van der Waals surface area contributed by atoms with Gasteiger partial charge in [0.05, 0.1) is 5.56 Å². The highest BCUT2D eigenvalue weighted by Crippen LogP contribution is 2.42. The Hall–Kier alpha value is -3.07. The first-order valence-electron chi connectivity index (χ1n) is 10.6. The standard InChI is InChI=1S/C23H25F2N3O4/c1-27-19-5-3-15(24)11-17(19)20(29)12-23(27)6-8-28(9-7-23)22(32)26-13-14-2-4-18(25)16(10-14)21(30)31/h2-4,10-11,19H,5-9,12-13H2,1H3,(H,26,32)(H,30,31). The normalized spacial score (nSPS) is 22.8. The first-order chi connectivity index (χ1) is 15.2. The van der Waals surface area contributed by atoms with Crippen molar-refractivity contribution in [2.75, 3.05) is 20.1 Å². The summed E-state index contributed by atoms with van der Waals surface area (Å²) in [7, 11) is 1.96. The molecule has 2 heterocycles. The molecule has 1 unspecified atom stereocenters. The SMILES string of the molecule is CN1C2CC=C(F)C=C2C(=O)CC12CCN(C(=O)NCc1ccc(F)c(C(=O)O)c1)CC2. The van der Waals surface area contributed by atoms with Crippen molar-refractivity contribution in [2.24, 2.45) is 0 Å². The Bertz CT molecular complexity index is 1030. The Morgan fingerprint density at radius 2 is 1.97 bits per heavy atom. The fourth-order valence-electron chi connectivity index (χ4n) is 4.94. The highest BCUT2D eigenvalue weighted by atomic mass is 19.1. The van der Waals surface area contributed by atoms with Crippen molar-refractivity contribution in [1.29, 1.82) is 0 Å². The number of rotatable bonds is 3. The summed E-state index contributed by atoms with van der Waals surface area (Å²) in [6.07, 6.45) is 4.86. The van der Waals surface area contributed by atoms with E-state index < -0.39 is 17.3 Å². The minimum atomic E-state index is -1.36. The fourth-order valence-corrected chi connectivity index (χ4v) is 4.94. The number of urea groups is 1. The maximum Gasteiger partial charge on any atom is 0.338 e. The number of carboxylic acids is 1. The van der Waals surface area contributed by atoms with Gasteiger partial charge in [0.1, 0.15) is 11.6 Å². The van der Waals surface area contributed by atoms with Crippen molar-refractivity contribution in [2.45, 2.75) is 43.8 Å². The summed E-state index contributed by atoms with van der Waals surface area (Å²) in [6, 6.07) is 3.27. The maximum absolute atomic E-state index is 13.6. The molecule has 2 saturated heterocycles. The zero-order chi connectivity index (χ0) is 23.0. The lowest BCUT2D eigenvalue weighted by Crippen LogP contribution is -2.63. The van der Waals surface area contributed by atoms with E-state index in [2.05, 4.69) is 10.2 Å². The van der Waals surface area contributed by atoms with E-state index in [1.54, 1.807) is 4.90 Å². The third-order valence-electron chi connectivity index (χ3n) is 6.90. The summed E-state index contributed by atoms with van der Waals surface area (Å²) in [6.45, 7) is 1.000. The Labute approximate surface area is 184 Å². The molecule has 2 aliphatic heterocycles. The van der Waals surface area contributed by atoms with Crippen LogP contribution in [-0.2, 0) is 11.3 Å². The number of ketones is 1. The molecule has 2 amide bonds. The van der Waals surface area contributed by atoms with Crippen molar-refractivity contribution in [1.82, 2.24) is 15.1 Å². The molecule has 7 nitrogen and oxygen atoms in total. The monoisotopic (exact) mass is 445 g/mol. The van der Waals surface area contributed by atoms with Gasteiger partial charge in [-0.05, 0) is 56.2 Å². The number of Topliss-reactive ketones (excluding diaryl/α,β-unsaturated/α-hetero) is 1. The van der Waals surface area contributed by atoms with Gasteiger partial charge in [-0.3, -0.25) is 9.69 Å². The molecule has 170 valence electrons. The largest absolute Gasteiger partial charge is 0.478 e. The Morgan fingerprint density at radius 3 is 2.66 bits per heavy atom. The number of likely N-dealkylation sites (tertiary alicyclic amines) is 2. The maximum atomic E-state index is 13.6. The number of carbonyl (C=O) groups excluding carboxylic acids is 2. The van der Waals surface area contributed by atoms with Crippen LogP contribution in [0.5, 0.6) is 0 Å². The van der Waals surface area contributed by atoms with Gasteiger partial charge in [-0.25, -0.2) is 18.4 Å². The van der Waals surface area contributed by atoms with Gasteiger partial charge >= 0.3 is 12.0 Å². The van der Waals surface area contributed by atoms with Gasteiger partial charge in [-0.15, -0.1) is 0 Å². The molecule has 4 rings (SSSR count). The molecular weight excluding hydrogens is 420 g/mol. The summed E-state index contributed by atoms with van der Waals surface area (Å²) in [5.74, 6) is -2.58. The second kappa shape index (κ2) is 8.46. The average molecular weight is 445 g/mol. The molecule has 3 aliphatic rings. The number of nitrogens with one attached hydrogen (secondary N) is 1.